The predicted octanol–water partition coefficient (Wildman–Crippen LogP) is 3.78. The van der Waals surface area contributed by atoms with Gasteiger partial charge in [0.2, 0.25) is 0 Å². The van der Waals surface area contributed by atoms with Crippen LogP contribution in [0, 0.1) is 11.6 Å². The Kier molecular flexibility index (Phi) is 7.94. The van der Waals surface area contributed by atoms with Crippen LogP contribution in [0.3, 0.4) is 0 Å². The highest BCUT2D eigenvalue weighted by Crippen LogP contribution is 2.31. The minimum atomic E-state index is -4.10. The smallest absolute Gasteiger partial charge is 0.297 e. The molecule has 4 atom stereocenters. The fraction of sp³-hybridized carbons (Fsp3) is 0.357. The summed E-state index contributed by atoms with van der Waals surface area (Å²) in [6.07, 6.45) is -0.913. The summed E-state index contributed by atoms with van der Waals surface area (Å²) in [6, 6.07) is 16.4. The summed E-state index contributed by atoms with van der Waals surface area (Å²) in [5.74, 6) is 0.336. The van der Waals surface area contributed by atoms with E-state index in [0.29, 0.717) is 42.7 Å². The van der Waals surface area contributed by atoms with Crippen LogP contribution >= 0.6 is 0 Å². The maximum Gasteiger partial charge on any atom is 0.297 e. The molecule has 0 saturated heterocycles. The van der Waals surface area contributed by atoms with E-state index < -0.39 is 34.5 Å². The van der Waals surface area contributed by atoms with Gasteiger partial charge in [0.25, 0.3) is 10.1 Å². The molecule has 0 aliphatic carbocycles. The molecule has 2 aliphatic heterocycles. The van der Waals surface area contributed by atoms with Crippen LogP contribution in [0.25, 0.3) is 0 Å². The van der Waals surface area contributed by atoms with Crippen LogP contribution in [-0.2, 0) is 27.1 Å². The van der Waals surface area contributed by atoms with Crippen molar-refractivity contribution in [3.05, 3.63) is 89.5 Å². The van der Waals surface area contributed by atoms with Gasteiger partial charge in [-0.3, -0.25) is 4.18 Å². The molecule has 2 N–H and O–H groups in total. The van der Waals surface area contributed by atoms with Crippen LogP contribution in [0.5, 0.6) is 11.5 Å². The quantitative estimate of drug-likeness (QED) is 0.396. The summed E-state index contributed by atoms with van der Waals surface area (Å²) < 4.78 is 70.7. The lowest BCUT2D eigenvalue weighted by Crippen LogP contribution is -2.48. The van der Waals surface area contributed by atoms with Gasteiger partial charge in [0, 0.05) is 13.1 Å². The Morgan fingerprint density at radius 2 is 1.45 bits per heavy atom. The predicted molar refractivity (Wildman–Crippen MR) is 136 cm³/mol. The SMILES string of the molecule is O=S(=O)(O[C@H](CNC[C@@H](O)[C@@H]1CCc2cc(F)ccc2O1)[C@H]1CCc2cc(F)ccc2O1)c1ccccc1. The first-order chi connectivity index (χ1) is 18.3. The highest BCUT2D eigenvalue weighted by atomic mass is 32.2. The molecule has 5 rings (SSSR count). The molecule has 3 aromatic rings. The number of aliphatic hydroxyl groups excluding tert-OH is 1. The first-order valence-corrected chi connectivity index (χ1v) is 14.0. The Labute approximate surface area is 220 Å². The molecule has 2 heterocycles. The van der Waals surface area contributed by atoms with E-state index in [2.05, 4.69) is 5.32 Å². The van der Waals surface area contributed by atoms with Crippen molar-refractivity contribution < 1.29 is 36.0 Å². The number of hydrogen-bond donors (Lipinski definition) is 2. The Hall–Kier alpha value is -3.05. The molecule has 0 unspecified atom stereocenters. The zero-order chi connectivity index (χ0) is 26.7. The largest absolute Gasteiger partial charge is 0.487 e. The molecule has 0 amide bonds. The molecule has 0 radical (unpaired) electrons. The second-order valence-electron chi connectivity index (χ2n) is 9.52. The first-order valence-electron chi connectivity index (χ1n) is 12.6. The summed E-state index contributed by atoms with van der Waals surface area (Å²) in [4.78, 5) is 0.0222. The second-order valence-corrected chi connectivity index (χ2v) is 11.1. The minimum absolute atomic E-state index is 0.0222. The zero-order valence-corrected chi connectivity index (χ0v) is 21.4. The van der Waals surface area contributed by atoms with Crippen molar-refractivity contribution in [3.63, 3.8) is 0 Å². The number of fused-ring (bicyclic) bond motifs is 2. The molecule has 2 aliphatic rings. The first kappa shape index (κ1) is 26.6. The average molecular weight is 546 g/mol. The molecule has 0 bridgehead atoms. The fourth-order valence-electron chi connectivity index (χ4n) is 4.83. The van der Waals surface area contributed by atoms with Crippen LogP contribution in [0.4, 0.5) is 8.78 Å². The molecule has 0 fully saturated rings. The van der Waals surface area contributed by atoms with Gasteiger partial charge >= 0.3 is 0 Å². The van der Waals surface area contributed by atoms with Crippen LogP contribution < -0.4 is 14.8 Å². The molecular weight excluding hydrogens is 516 g/mol. The number of rotatable bonds is 9. The third-order valence-electron chi connectivity index (χ3n) is 6.82. The van der Waals surface area contributed by atoms with Crippen molar-refractivity contribution in [2.24, 2.45) is 0 Å². The summed E-state index contributed by atoms with van der Waals surface area (Å²) in [5.41, 5.74) is 1.47. The number of halogens is 2. The van der Waals surface area contributed by atoms with Crippen LogP contribution in [-0.4, -0.2) is 51.0 Å². The van der Waals surface area contributed by atoms with Crippen molar-refractivity contribution in [1.29, 1.82) is 0 Å². The van der Waals surface area contributed by atoms with Crippen molar-refractivity contribution >= 4 is 10.1 Å². The van der Waals surface area contributed by atoms with Crippen molar-refractivity contribution in [1.82, 2.24) is 5.32 Å². The maximum atomic E-state index is 13.6. The molecule has 202 valence electrons. The summed E-state index contributed by atoms with van der Waals surface area (Å²) in [7, 11) is -4.10. The van der Waals surface area contributed by atoms with Gasteiger partial charge in [0.1, 0.15) is 47.5 Å². The Balaban J connectivity index is 1.25. The summed E-state index contributed by atoms with van der Waals surface area (Å²) in [6.45, 7) is 0.180. The third kappa shape index (κ3) is 6.15. The second kappa shape index (κ2) is 11.4. The van der Waals surface area contributed by atoms with Crippen LogP contribution in [0.1, 0.15) is 24.0 Å². The van der Waals surface area contributed by atoms with E-state index in [0.717, 1.165) is 5.56 Å². The average Bonchev–Trinajstić information content (AvgIpc) is 2.92. The normalized spacial score (nSPS) is 20.4. The summed E-state index contributed by atoms with van der Waals surface area (Å²) in [5, 5.41) is 13.9. The van der Waals surface area contributed by atoms with Crippen LogP contribution in [0.15, 0.2) is 71.6 Å². The van der Waals surface area contributed by atoms with E-state index >= 15 is 0 Å². The molecule has 0 aromatic heterocycles. The van der Waals surface area contributed by atoms with Crippen molar-refractivity contribution in [2.75, 3.05) is 13.1 Å². The molecule has 0 spiro atoms. The van der Waals surface area contributed by atoms with Gasteiger partial charge in [0.15, 0.2) is 0 Å². The van der Waals surface area contributed by atoms with E-state index in [-0.39, 0.29) is 29.6 Å². The maximum absolute atomic E-state index is 13.6. The highest BCUT2D eigenvalue weighted by Gasteiger charge is 2.34. The van der Waals surface area contributed by atoms with Crippen molar-refractivity contribution in [3.8, 4) is 11.5 Å². The van der Waals surface area contributed by atoms with Crippen molar-refractivity contribution in [2.45, 2.75) is 55.0 Å². The molecule has 7 nitrogen and oxygen atoms in total. The molecule has 10 heteroatoms. The zero-order valence-electron chi connectivity index (χ0n) is 20.6. The van der Waals surface area contributed by atoms with Gasteiger partial charge in [-0.1, -0.05) is 18.2 Å². The molecule has 3 aromatic carbocycles. The van der Waals surface area contributed by atoms with Gasteiger partial charge in [0.05, 0.1) is 4.90 Å². The van der Waals surface area contributed by atoms with E-state index in [9.17, 15) is 22.3 Å². The molecule has 38 heavy (non-hydrogen) atoms. The number of aliphatic hydroxyl groups is 1. The van der Waals surface area contributed by atoms with Gasteiger partial charge < -0.3 is 19.9 Å². The monoisotopic (exact) mass is 545 g/mol. The van der Waals surface area contributed by atoms with E-state index in [4.69, 9.17) is 13.7 Å². The highest BCUT2D eigenvalue weighted by molar-refractivity contribution is 7.86. The number of hydrogen-bond acceptors (Lipinski definition) is 7. The lowest BCUT2D eigenvalue weighted by molar-refractivity contribution is 0.0163. The minimum Gasteiger partial charge on any atom is -0.487 e. The van der Waals surface area contributed by atoms with Crippen LogP contribution in [0.2, 0.25) is 0 Å². The molecule has 0 saturated carbocycles. The lowest BCUT2D eigenvalue weighted by Gasteiger charge is -2.33. The third-order valence-corrected chi connectivity index (χ3v) is 8.17. The Morgan fingerprint density at radius 3 is 2.08 bits per heavy atom. The number of aryl methyl sites for hydroxylation is 2. The number of ether oxygens (including phenoxy) is 2. The Bertz CT molecular complexity index is 1370. The van der Waals surface area contributed by atoms with Gasteiger partial charge in [-0.25, -0.2) is 8.78 Å². The molecular formula is C28H29F2NO6S. The van der Waals surface area contributed by atoms with E-state index in [1.54, 1.807) is 24.3 Å². The Morgan fingerprint density at radius 1 is 0.868 bits per heavy atom. The van der Waals surface area contributed by atoms with E-state index in [1.165, 1.54) is 42.5 Å². The fourth-order valence-corrected chi connectivity index (χ4v) is 5.95. The van der Waals surface area contributed by atoms with Gasteiger partial charge in [-0.2, -0.15) is 8.42 Å². The standard InChI is InChI=1S/C28H29F2NO6S/c29-20-8-12-24-18(14-20)6-10-26(35-24)23(32)16-31-17-28(37-38(33,34)22-4-2-1-3-5-22)27-11-7-19-15-21(30)9-13-25(19)36-27/h1-5,8-9,12-15,23,26-28,31-32H,6-7,10-11,16-17H2/t23-,26+,27-,28-/m1/s1. The summed E-state index contributed by atoms with van der Waals surface area (Å²) >= 11 is 0. The number of nitrogens with one attached hydrogen (secondary N) is 1. The van der Waals surface area contributed by atoms with E-state index in [1.807, 2.05) is 0 Å². The topological polar surface area (TPSA) is 94.1 Å². The number of benzene rings is 3. The lowest BCUT2D eigenvalue weighted by atomic mass is 9.98. The van der Waals surface area contributed by atoms with Gasteiger partial charge in [-0.05, 0) is 85.3 Å². The van der Waals surface area contributed by atoms with Gasteiger partial charge in [-0.15, -0.1) is 0 Å².